The highest BCUT2D eigenvalue weighted by Crippen LogP contribution is 2.27. The number of nitrogens with two attached hydrogens (primary N) is 2. The highest BCUT2D eigenvalue weighted by molar-refractivity contribution is 5.82. The molecule has 0 radical (unpaired) electrons. The summed E-state index contributed by atoms with van der Waals surface area (Å²) < 4.78 is 0. The van der Waals surface area contributed by atoms with Crippen LogP contribution in [0.5, 0.6) is 0 Å². The van der Waals surface area contributed by atoms with Gasteiger partial charge in [-0.3, -0.25) is 15.1 Å². The smallest absolute Gasteiger partial charge is 0.240 e. The van der Waals surface area contributed by atoms with Gasteiger partial charge >= 0.3 is 0 Å². The van der Waals surface area contributed by atoms with E-state index in [0.717, 1.165) is 32.0 Å². The molecule has 0 aromatic heterocycles. The van der Waals surface area contributed by atoms with E-state index in [-0.39, 0.29) is 17.9 Å². The summed E-state index contributed by atoms with van der Waals surface area (Å²) in [6.45, 7) is 4.61. The first-order chi connectivity index (χ1) is 13.8. The molecule has 0 aliphatic heterocycles. The van der Waals surface area contributed by atoms with Gasteiger partial charge < -0.3 is 31.6 Å². The van der Waals surface area contributed by atoms with Gasteiger partial charge in [0.1, 0.15) is 12.5 Å². The molecule has 0 bridgehead atoms. The SMILES string of the molecule is CCN(C(=O)[C@H](NC)C1CCCCC1)C(C)C(O)NC(C=O)CCCN=C(N)N. The zero-order valence-electron chi connectivity index (χ0n) is 18.1. The maximum atomic E-state index is 13.2. The standard InChI is InChI=1S/C20H40N6O3/c1-4-26(19(29)17(23-3)15-9-6-5-7-10-15)14(2)18(28)25-16(13-27)11-8-12-24-20(21)22/h13-18,23,25,28H,4-12H2,1-3H3,(H4,21,22,24)/t14?,16?,17-,18?/m1/s1. The molecule has 1 amide bonds. The molecule has 7 N–H and O–H groups in total. The third-order valence-corrected chi connectivity index (χ3v) is 5.79. The number of nitrogens with zero attached hydrogens (tertiary/aromatic N) is 2. The molecule has 0 aromatic rings. The third-order valence-electron chi connectivity index (χ3n) is 5.79. The summed E-state index contributed by atoms with van der Waals surface area (Å²) in [7, 11) is 1.82. The van der Waals surface area contributed by atoms with Crippen LogP contribution in [0.3, 0.4) is 0 Å². The molecular formula is C20H40N6O3. The second-order valence-corrected chi connectivity index (χ2v) is 7.83. The topological polar surface area (TPSA) is 146 Å². The number of rotatable bonds is 13. The van der Waals surface area contributed by atoms with E-state index in [1.165, 1.54) is 6.42 Å². The van der Waals surface area contributed by atoms with Crippen molar-refractivity contribution in [2.45, 2.75) is 83.1 Å². The number of nitrogens with one attached hydrogen (secondary N) is 2. The predicted molar refractivity (Wildman–Crippen MR) is 115 cm³/mol. The fourth-order valence-corrected chi connectivity index (χ4v) is 4.09. The number of hydrogen-bond donors (Lipinski definition) is 5. The fourth-order valence-electron chi connectivity index (χ4n) is 4.09. The average molecular weight is 413 g/mol. The molecule has 168 valence electrons. The van der Waals surface area contributed by atoms with Crippen LogP contribution < -0.4 is 22.1 Å². The van der Waals surface area contributed by atoms with Crippen LogP contribution in [-0.4, -0.2) is 72.6 Å². The van der Waals surface area contributed by atoms with Gasteiger partial charge in [0.25, 0.3) is 0 Å². The molecule has 1 fully saturated rings. The van der Waals surface area contributed by atoms with Crippen molar-refractivity contribution in [3.63, 3.8) is 0 Å². The molecule has 1 aliphatic rings. The minimum absolute atomic E-state index is 0.00524. The van der Waals surface area contributed by atoms with Crippen LogP contribution in [0.4, 0.5) is 0 Å². The van der Waals surface area contributed by atoms with Crippen LogP contribution in [0.1, 0.15) is 58.8 Å². The Kier molecular flexibility index (Phi) is 11.8. The predicted octanol–water partition coefficient (Wildman–Crippen LogP) is -0.0792. The van der Waals surface area contributed by atoms with Gasteiger partial charge in [0.05, 0.1) is 18.1 Å². The zero-order chi connectivity index (χ0) is 21.8. The summed E-state index contributed by atoms with van der Waals surface area (Å²) in [5.41, 5.74) is 10.6. The fraction of sp³-hybridized carbons (Fsp3) is 0.850. The number of aliphatic imine (C=N–C) groups is 1. The van der Waals surface area contributed by atoms with Crippen molar-refractivity contribution < 1.29 is 14.7 Å². The van der Waals surface area contributed by atoms with E-state index in [1.54, 1.807) is 11.8 Å². The Morgan fingerprint density at radius 2 is 1.97 bits per heavy atom. The maximum Gasteiger partial charge on any atom is 0.240 e. The molecule has 0 spiro atoms. The van der Waals surface area contributed by atoms with Gasteiger partial charge in [-0.2, -0.15) is 0 Å². The van der Waals surface area contributed by atoms with Crippen molar-refractivity contribution in [1.29, 1.82) is 0 Å². The molecule has 9 nitrogen and oxygen atoms in total. The first kappa shape index (κ1) is 25.3. The van der Waals surface area contributed by atoms with Gasteiger partial charge in [0.15, 0.2) is 5.96 Å². The number of aldehydes is 1. The number of hydrogen-bond acceptors (Lipinski definition) is 6. The molecule has 4 atom stereocenters. The third kappa shape index (κ3) is 8.28. The van der Waals surface area contributed by atoms with Crippen LogP contribution >= 0.6 is 0 Å². The van der Waals surface area contributed by atoms with Crippen molar-refractivity contribution in [2.75, 3.05) is 20.1 Å². The van der Waals surface area contributed by atoms with Crippen LogP contribution in [0.2, 0.25) is 0 Å². The van der Waals surface area contributed by atoms with Gasteiger partial charge in [0, 0.05) is 13.1 Å². The Balaban J connectivity index is 2.67. The second-order valence-electron chi connectivity index (χ2n) is 7.83. The van der Waals surface area contributed by atoms with Crippen molar-refractivity contribution in [1.82, 2.24) is 15.5 Å². The van der Waals surface area contributed by atoms with Crippen LogP contribution in [0.25, 0.3) is 0 Å². The Labute approximate surface area is 174 Å². The van der Waals surface area contributed by atoms with Gasteiger partial charge in [0.2, 0.25) is 5.91 Å². The molecule has 1 aliphatic carbocycles. The summed E-state index contributed by atoms with van der Waals surface area (Å²) in [5, 5.41) is 16.7. The lowest BCUT2D eigenvalue weighted by molar-refractivity contribution is -0.140. The van der Waals surface area contributed by atoms with E-state index in [4.69, 9.17) is 11.5 Å². The minimum Gasteiger partial charge on any atom is -0.376 e. The molecule has 1 rings (SSSR count). The molecule has 3 unspecified atom stereocenters. The number of amides is 1. The van der Waals surface area contributed by atoms with Gasteiger partial charge in [-0.15, -0.1) is 0 Å². The molecule has 0 saturated heterocycles. The van der Waals surface area contributed by atoms with Crippen molar-refractivity contribution in [3.05, 3.63) is 0 Å². The normalized spacial score (nSPS) is 19.0. The molecular weight excluding hydrogens is 372 g/mol. The van der Waals surface area contributed by atoms with Crippen LogP contribution in [0, 0.1) is 5.92 Å². The number of carbonyl (C=O) groups is 2. The quantitative estimate of drug-likeness (QED) is 0.0935. The van der Waals surface area contributed by atoms with Crippen molar-refractivity contribution in [3.8, 4) is 0 Å². The summed E-state index contributed by atoms with van der Waals surface area (Å²) >= 11 is 0. The Bertz CT molecular complexity index is 520. The first-order valence-corrected chi connectivity index (χ1v) is 10.8. The minimum atomic E-state index is -1.01. The van der Waals surface area contributed by atoms with E-state index < -0.39 is 18.3 Å². The second kappa shape index (κ2) is 13.5. The number of carbonyl (C=O) groups excluding carboxylic acids is 2. The summed E-state index contributed by atoms with van der Waals surface area (Å²) in [5.74, 6) is 0.347. The summed E-state index contributed by atoms with van der Waals surface area (Å²) in [6.07, 6.45) is 6.49. The zero-order valence-corrected chi connectivity index (χ0v) is 18.1. The van der Waals surface area contributed by atoms with E-state index in [2.05, 4.69) is 15.6 Å². The number of guanidine groups is 1. The highest BCUT2D eigenvalue weighted by Gasteiger charge is 2.34. The van der Waals surface area contributed by atoms with Crippen molar-refractivity contribution >= 4 is 18.2 Å². The number of aliphatic hydroxyl groups excluding tert-OH is 1. The maximum absolute atomic E-state index is 13.2. The average Bonchev–Trinajstić information content (AvgIpc) is 2.71. The van der Waals surface area contributed by atoms with Gasteiger partial charge in [-0.1, -0.05) is 19.3 Å². The molecule has 9 heteroatoms. The van der Waals surface area contributed by atoms with Crippen molar-refractivity contribution in [2.24, 2.45) is 22.4 Å². The first-order valence-electron chi connectivity index (χ1n) is 10.8. The van der Waals surface area contributed by atoms with Crippen LogP contribution in [-0.2, 0) is 9.59 Å². The lowest BCUT2D eigenvalue weighted by Crippen LogP contribution is -2.58. The van der Waals surface area contributed by atoms with Crippen LogP contribution in [0.15, 0.2) is 4.99 Å². The van der Waals surface area contributed by atoms with Gasteiger partial charge in [-0.25, -0.2) is 0 Å². The van der Waals surface area contributed by atoms with E-state index in [0.29, 0.717) is 31.8 Å². The summed E-state index contributed by atoms with van der Waals surface area (Å²) in [6, 6.07) is -1.24. The Morgan fingerprint density at radius 3 is 2.48 bits per heavy atom. The monoisotopic (exact) mass is 412 g/mol. The largest absolute Gasteiger partial charge is 0.376 e. The lowest BCUT2D eigenvalue weighted by atomic mass is 9.83. The summed E-state index contributed by atoms with van der Waals surface area (Å²) in [4.78, 5) is 30.2. The molecule has 0 aromatic carbocycles. The highest BCUT2D eigenvalue weighted by atomic mass is 16.3. The Morgan fingerprint density at radius 1 is 1.31 bits per heavy atom. The van der Waals surface area contributed by atoms with E-state index in [9.17, 15) is 14.7 Å². The lowest BCUT2D eigenvalue weighted by Gasteiger charge is -2.38. The van der Waals surface area contributed by atoms with E-state index >= 15 is 0 Å². The molecule has 1 saturated carbocycles. The molecule has 0 heterocycles. The number of likely N-dealkylation sites (N-methyl/N-ethyl adjacent to an activating group) is 2. The van der Waals surface area contributed by atoms with Gasteiger partial charge in [-0.05, 0) is 52.5 Å². The number of aliphatic hydroxyl groups is 1. The molecule has 29 heavy (non-hydrogen) atoms. The van der Waals surface area contributed by atoms with E-state index in [1.807, 2.05) is 14.0 Å². The Hall–Kier alpha value is -1.71.